The molecule has 0 aliphatic rings. The van der Waals surface area contributed by atoms with Crippen molar-refractivity contribution in [2.45, 2.75) is 20.0 Å². The fourth-order valence-electron chi connectivity index (χ4n) is 2.95. The first-order valence-electron chi connectivity index (χ1n) is 9.68. The standard InChI is InChI=1S/C25H20BrClN2O2/c1-2-18-5-3-4-6-23(18)29-25(30)20(15-28)13-19-14-22(27)11-12-24(19)31-16-17-7-9-21(26)10-8-17/h3-14H,2,16H2,1H3,(H,29,30)/b20-13+. The molecule has 0 fully saturated rings. The number of amides is 1. The average Bonchev–Trinajstić information content (AvgIpc) is 2.78. The quantitative estimate of drug-likeness (QED) is 0.290. The van der Waals surface area contributed by atoms with Gasteiger partial charge in [0, 0.05) is 20.7 Å². The highest BCUT2D eigenvalue weighted by atomic mass is 79.9. The molecule has 0 radical (unpaired) electrons. The summed E-state index contributed by atoms with van der Waals surface area (Å²) >= 11 is 9.56. The van der Waals surface area contributed by atoms with Crippen molar-refractivity contribution in [2.75, 3.05) is 5.32 Å². The molecular formula is C25H20BrClN2O2. The number of rotatable bonds is 7. The summed E-state index contributed by atoms with van der Waals surface area (Å²) in [5.74, 6) is 0.0454. The molecule has 0 bridgehead atoms. The predicted molar refractivity (Wildman–Crippen MR) is 128 cm³/mol. The number of anilines is 1. The number of ether oxygens (including phenoxy) is 1. The predicted octanol–water partition coefficient (Wildman–Crippen LogP) is 6.79. The monoisotopic (exact) mass is 494 g/mol. The van der Waals surface area contributed by atoms with E-state index in [1.54, 1.807) is 18.2 Å². The van der Waals surface area contributed by atoms with Crippen LogP contribution in [0.1, 0.15) is 23.6 Å². The van der Waals surface area contributed by atoms with Gasteiger partial charge in [0.15, 0.2) is 0 Å². The Bertz CT molecular complexity index is 1150. The van der Waals surface area contributed by atoms with Crippen molar-refractivity contribution >= 4 is 45.2 Å². The molecule has 6 heteroatoms. The van der Waals surface area contributed by atoms with Crippen LogP contribution in [0.5, 0.6) is 5.75 Å². The van der Waals surface area contributed by atoms with E-state index in [4.69, 9.17) is 16.3 Å². The molecule has 156 valence electrons. The van der Waals surface area contributed by atoms with E-state index in [-0.39, 0.29) is 5.57 Å². The van der Waals surface area contributed by atoms with E-state index in [0.29, 0.717) is 28.6 Å². The molecule has 0 saturated heterocycles. The molecule has 0 saturated carbocycles. The Hall–Kier alpha value is -3.07. The van der Waals surface area contributed by atoms with Gasteiger partial charge in [0.25, 0.3) is 5.91 Å². The molecule has 3 rings (SSSR count). The Labute approximate surface area is 195 Å². The van der Waals surface area contributed by atoms with Crippen molar-refractivity contribution in [2.24, 2.45) is 0 Å². The van der Waals surface area contributed by atoms with Crippen LogP contribution in [0.15, 0.2) is 76.8 Å². The van der Waals surface area contributed by atoms with Crippen molar-refractivity contribution in [1.82, 2.24) is 0 Å². The molecule has 0 unspecified atom stereocenters. The number of para-hydroxylation sites is 1. The van der Waals surface area contributed by atoms with Crippen LogP contribution in [-0.4, -0.2) is 5.91 Å². The summed E-state index contributed by atoms with van der Waals surface area (Å²) in [5, 5.41) is 12.9. The minimum absolute atomic E-state index is 0.0401. The highest BCUT2D eigenvalue weighted by molar-refractivity contribution is 9.10. The number of carbonyl (C=O) groups excluding carboxylic acids is 1. The second kappa shape index (κ2) is 10.8. The van der Waals surface area contributed by atoms with Gasteiger partial charge in [-0.1, -0.05) is 64.8 Å². The molecule has 3 aromatic rings. The van der Waals surface area contributed by atoms with E-state index in [1.807, 2.05) is 61.5 Å². The van der Waals surface area contributed by atoms with E-state index >= 15 is 0 Å². The summed E-state index contributed by atoms with van der Waals surface area (Å²) in [6, 6.07) is 22.4. The van der Waals surface area contributed by atoms with Crippen LogP contribution < -0.4 is 10.1 Å². The van der Waals surface area contributed by atoms with Gasteiger partial charge in [0.05, 0.1) is 0 Å². The lowest BCUT2D eigenvalue weighted by atomic mass is 10.1. The van der Waals surface area contributed by atoms with Crippen LogP contribution in [0, 0.1) is 11.3 Å². The summed E-state index contributed by atoms with van der Waals surface area (Å²) < 4.78 is 6.93. The third-order valence-electron chi connectivity index (χ3n) is 4.59. The highest BCUT2D eigenvalue weighted by Crippen LogP contribution is 2.27. The molecule has 0 spiro atoms. The fraction of sp³-hybridized carbons (Fsp3) is 0.120. The number of aryl methyl sites for hydroxylation is 1. The number of hydrogen-bond acceptors (Lipinski definition) is 3. The normalized spacial score (nSPS) is 11.0. The summed E-state index contributed by atoms with van der Waals surface area (Å²) in [4.78, 5) is 12.7. The largest absolute Gasteiger partial charge is 0.488 e. The molecular weight excluding hydrogens is 476 g/mol. The third-order valence-corrected chi connectivity index (χ3v) is 5.35. The van der Waals surface area contributed by atoms with Crippen molar-refractivity contribution in [3.8, 4) is 11.8 Å². The van der Waals surface area contributed by atoms with Gasteiger partial charge in [-0.25, -0.2) is 0 Å². The number of halogens is 2. The van der Waals surface area contributed by atoms with E-state index in [2.05, 4.69) is 21.2 Å². The zero-order chi connectivity index (χ0) is 22.2. The molecule has 0 aliphatic heterocycles. The minimum atomic E-state index is -0.484. The maximum atomic E-state index is 12.7. The number of benzene rings is 3. The smallest absolute Gasteiger partial charge is 0.266 e. The van der Waals surface area contributed by atoms with Gasteiger partial charge in [0.1, 0.15) is 24.0 Å². The topological polar surface area (TPSA) is 62.1 Å². The molecule has 0 aromatic heterocycles. The zero-order valence-electron chi connectivity index (χ0n) is 16.9. The van der Waals surface area contributed by atoms with Gasteiger partial charge in [-0.2, -0.15) is 5.26 Å². The molecule has 0 atom stereocenters. The molecule has 4 nitrogen and oxygen atoms in total. The van der Waals surface area contributed by atoms with Crippen LogP contribution in [0.4, 0.5) is 5.69 Å². The summed E-state index contributed by atoms with van der Waals surface area (Å²) in [6.07, 6.45) is 2.26. The second-order valence-corrected chi connectivity index (χ2v) is 8.08. The van der Waals surface area contributed by atoms with Gasteiger partial charge in [-0.05, 0) is 60.0 Å². The van der Waals surface area contributed by atoms with Gasteiger partial charge >= 0.3 is 0 Å². The molecule has 1 amide bonds. The van der Waals surface area contributed by atoms with E-state index in [0.717, 1.165) is 22.0 Å². The number of nitrogens with one attached hydrogen (secondary N) is 1. The first-order valence-corrected chi connectivity index (χ1v) is 10.8. The van der Waals surface area contributed by atoms with E-state index < -0.39 is 5.91 Å². The zero-order valence-corrected chi connectivity index (χ0v) is 19.2. The Morgan fingerprint density at radius 2 is 1.90 bits per heavy atom. The van der Waals surface area contributed by atoms with Crippen molar-refractivity contribution in [3.05, 3.63) is 98.5 Å². The van der Waals surface area contributed by atoms with Crippen molar-refractivity contribution in [3.63, 3.8) is 0 Å². The fourth-order valence-corrected chi connectivity index (χ4v) is 3.39. The molecule has 3 aromatic carbocycles. The third kappa shape index (κ3) is 6.21. The van der Waals surface area contributed by atoms with E-state index in [9.17, 15) is 10.1 Å². The van der Waals surface area contributed by atoms with E-state index in [1.165, 1.54) is 6.08 Å². The lowest BCUT2D eigenvalue weighted by molar-refractivity contribution is -0.112. The minimum Gasteiger partial charge on any atom is -0.488 e. The molecule has 0 aliphatic carbocycles. The lowest BCUT2D eigenvalue weighted by Gasteiger charge is -2.11. The Morgan fingerprint density at radius 1 is 1.16 bits per heavy atom. The molecule has 0 heterocycles. The first-order chi connectivity index (χ1) is 15.0. The van der Waals surface area contributed by atoms with Gasteiger partial charge in [-0.15, -0.1) is 0 Å². The van der Waals surface area contributed by atoms with Crippen molar-refractivity contribution < 1.29 is 9.53 Å². The van der Waals surface area contributed by atoms with Crippen LogP contribution in [-0.2, 0) is 17.8 Å². The molecule has 1 N–H and O–H groups in total. The van der Waals surface area contributed by atoms with Crippen LogP contribution in [0.25, 0.3) is 6.08 Å². The Kier molecular flexibility index (Phi) is 7.88. The maximum absolute atomic E-state index is 12.7. The Morgan fingerprint density at radius 3 is 2.61 bits per heavy atom. The summed E-state index contributed by atoms with van der Waals surface area (Å²) in [5.41, 5.74) is 3.19. The number of hydrogen-bond donors (Lipinski definition) is 1. The average molecular weight is 496 g/mol. The number of nitriles is 1. The van der Waals surface area contributed by atoms with Crippen LogP contribution in [0.2, 0.25) is 5.02 Å². The van der Waals surface area contributed by atoms with Crippen LogP contribution >= 0.6 is 27.5 Å². The Balaban J connectivity index is 1.84. The van der Waals surface area contributed by atoms with Gasteiger partial charge in [0.2, 0.25) is 0 Å². The lowest BCUT2D eigenvalue weighted by Crippen LogP contribution is -2.14. The van der Waals surface area contributed by atoms with Crippen molar-refractivity contribution in [1.29, 1.82) is 5.26 Å². The van der Waals surface area contributed by atoms with Gasteiger partial charge < -0.3 is 10.1 Å². The maximum Gasteiger partial charge on any atom is 0.266 e. The summed E-state index contributed by atoms with van der Waals surface area (Å²) in [7, 11) is 0. The first kappa shape index (κ1) is 22.6. The van der Waals surface area contributed by atoms with Gasteiger partial charge in [-0.3, -0.25) is 4.79 Å². The second-order valence-electron chi connectivity index (χ2n) is 6.73. The SMILES string of the molecule is CCc1ccccc1NC(=O)/C(C#N)=C/c1cc(Cl)ccc1OCc1ccc(Br)cc1. The summed E-state index contributed by atoms with van der Waals surface area (Å²) in [6.45, 7) is 2.35. The van der Waals surface area contributed by atoms with Crippen LogP contribution in [0.3, 0.4) is 0 Å². The molecule has 31 heavy (non-hydrogen) atoms. The number of nitrogens with zero attached hydrogens (tertiary/aromatic N) is 1. The highest BCUT2D eigenvalue weighted by Gasteiger charge is 2.13. The number of carbonyl (C=O) groups is 1.